The molecule has 0 spiro atoms. The third-order valence-electron chi connectivity index (χ3n) is 2.15. The fourth-order valence-corrected chi connectivity index (χ4v) is 1.30. The lowest BCUT2D eigenvalue weighted by atomic mass is 10.3. The maximum atomic E-state index is 11.8. The van der Waals surface area contributed by atoms with E-state index in [0.29, 0.717) is 18.2 Å². The van der Waals surface area contributed by atoms with Gasteiger partial charge in [-0.05, 0) is 34.0 Å². The second-order valence-electron chi connectivity index (χ2n) is 4.62. The van der Waals surface area contributed by atoms with Crippen LogP contribution in [0, 0.1) is 0 Å². The van der Waals surface area contributed by atoms with E-state index in [4.69, 9.17) is 0 Å². The Morgan fingerprint density at radius 1 is 1.44 bits per heavy atom. The summed E-state index contributed by atoms with van der Waals surface area (Å²) < 4.78 is 0. The van der Waals surface area contributed by atoms with Crippen molar-refractivity contribution in [2.24, 2.45) is 0 Å². The van der Waals surface area contributed by atoms with E-state index >= 15 is 0 Å². The summed E-state index contributed by atoms with van der Waals surface area (Å²) in [7, 11) is 3.92. The van der Waals surface area contributed by atoms with Crippen LogP contribution in [0.4, 0.5) is 5.95 Å². The lowest BCUT2D eigenvalue weighted by Crippen LogP contribution is -2.32. The van der Waals surface area contributed by atoms with Gasteiger partial charge in [-0.1, -0.05) is 0 Å². The smallest absolute Gasteiger partial charge is 0.270 e. The number of hydrogen-bond acceptors (Lipinski definition) is 5. The summed E-state index contributed by atoms with van der Waals surface area (Å²) in [6.07, 6.45) is 1.58. The average Bonchev–Trinajstić information content (AvgIpc) is 2.27. The van der Waals surface area contributed by atoms with E-state index in [0.717, 1.165) is 6.54 Å². The minimum atomic E-state index is -0.175. The lowest BCUT2D eigenvalue weighted by molar-refractivity contribution is 0.0946. The summed E-state index contributed by atoms with van der Waals surface area (Å²) in [5.41, 5.74) is 0.381. The third-order valence-corrected chi connectivity index (χ3v) is 2.15. The number of anilines is 1. The Morgan fingerprint density at radius 2 is 2.17 bits per heavy atom. The zero-order valence-corrected chi connectivity index (χ0v) is 11.4. The summed E-state index contributed by atoms with van der Waals surface area (Å²) in [6, 6.07) is 1.84. The van der Waals surface area contributed by atoms with Gasteiger partial charge in [0, 0.05) is 25.3 Å². The van der Waals surface area contributed by atoms with Gasteiger partial charge in [0.25, 0.3) is 5.91 Å². The number of hydrogen-bond donors (Lipinski definition) is 2. The van der Waals surface area contributed by atoms with Crippen molar-refractivity contribution in [3.8, 4) is 0 Å². The second-order valence-corrected chi connectivity index (χ2v) is 4.62. The van der Waals surface area contributed by atoms with E-state index in [1.54, 1.807) is 12.3 Å². The Hall–Kier alpha value is -1.69. The van der Waals surface area contributed by atoms with E-state index < -0.39 is 0 Å². The molecule has 0 fully saturated rings. The highest BCUT2D eigenvalue weighted by atomic mass is 16.1. The van der Waals surface area contributed by atoms with Gasteiger partial charge in [0.2, 0.25) is 5.95 Å². The standard InChI is InChI=1S/C12H21N5O/c1-9(2)15-12-14-6-5-10(16-12)11(18)13-7-8-17(3)4/h5-6,9H,7-8H2,1-4H3,(H,13,18)(H,14,15,16). The largest absolute Gasteiger partial charge is 0.352 e. The summed E-state index contributed by atoms with van der Waals surface area (Å²) in [5.74, 6) is 0.302. The molecule has 2 N–H and O–H groups in total. The Bertz CT molecular complexity index is 392. The summed E-state index contributed by atoms with van der Waals surface area (Å²) in [6.45, 7) is 5.39. The van der Waals surface area contributed by atoms with Crippen molar-refractivity contribution >= 4 is 11.9 Å². The van der Waals surface area contributed by atoms with Gasteiger partial charge in [0.15, 0.2) is 0 Å². The van der Waals surface area contributed by atoms with Crippen LogP contribution in [-0.4, -0.2) is 54.0 Å². The number of likely N-dealkylation sites (N-methyl/N-ethyl adjacent to an activating group) is 1. The number of amides is 1. The monoisotopic (exact) mass is 251 g/mol. The predicted molar refractivity (Wildman–Crippen MR) is 71.7 cm³/mol. The molecular weight excluding hydrogens is 230 g/mol. The van der Waals surface area contributed by atoms with Gasteiger partial charge in [-0.15, -0.1) is 0 Å². The second kappa shape index (κ2) is 6.90. The molecule has 0 unspecified atom stereocenters. The molecule has 0 bridgehead atoms. The highest BCUT2D eigenvalue weighted by molar-refractivity contribution is 5.92. The van der Waals surface area contributed by atoms with Crippen molar-refractivity contribution in [2.45, 2.75) is 19.9 Å². The van der Waals surface area contributed by atoms with Crippen LogP contribution >= 0.6 is 0 Å². The van der Waals surface area contributed by atoms with Gasteiger partial charge >= 0.3 is 0 Å². The average molecular weight is 251 g/mol. The van der Waals surface area contributed by atoms with E-state index in [1.807, 2.05) is 32.8 Å². The Labute approximate surface area is 108 Å². The van der Waals surface area contributed by atoms with Crippen LogP contribution in [0.1, 0.15) is 24.3 Å². The van der Waals surface area contributed by atoms with Gasteiger partial charge in [0.05, 0.1) is 0 Å². The minimum absolute atomic E-state index is 0.175. The molecule has 6 heteroatoms. The van der Waals surface area contributed by atoms with E-state index in [-0.39, 0.29) is 11.9 Å². The first-order chi connectivity index (χ1) is 8.49. The molecule has 1 rings (SSSR count). The van der Waals surface area contributed by atoms with Crippen LogP contribution in [0.5, 0.6) is 0 Å². The summed E-state index contributed by atoms with van der Waals surface area (Å²) in [4.78, 5) is 22.0. The van der Waals surface area contributed by atoms with Crippen molar-refractivity contribution in [2.75, 3.05) is 32.5 Å². The molecule has 100 valence electrons. The first-order valence-electron chi connectivity index (χ1n) is 6.01. The van der Waals surface area contributed by atoms with Crippen LogP contribution in [0.3, 0.4) is 0 Å². The molecule has 1 heterocycles. The van der Waals surface area contributed by atoms with Crippen LogP contribution in [0.15, 0.2) is 12.3 Å². The van der Waals surface area contributed by atoms with Crippen LogP contribution < -0.4 is 10.6 Å². The molecule has 0 saturated carbocycles. The number of aromatic nitrogens is 2. The van der Waals surface area contributed by atoms with Crippen molar-refractivity contribution in [1.29, 1.82) is 0 Å². The maximum Gasteiger partial charge on any atom is 0.270 e. The molecule has 0 aromatic carbocycles. The third kappa shape index (κ3) is 5.09. The summed E-state index contributed by atoms with van der Waals surface area (Å²) >= 11 is 0. The van der Waals surface area contributed by atoms with Crippen LogP contribution in [0.2, 0.25) is 0 Å². The normalized spacial score (nSPS) is 10.8. The SMILES string of the molecule is CC(C)Nc1nccc(C(=O)NCCN(C)C)n1. The lowest BCUT2D eigenvalue weighted by Gasteiger charge is -2.11. The van der Waals surface area contributed by atoms with E-state index in [1.165, 1.54) is 0 Å². The van der Waals surface area contributed by atoms with Gasteiger partial charge in [-0.25, -0.2) is 9.97 Å². The van der Waals surface area contributed by atoms with Crippen molar-refractivity contribution in [3.63, 3.8) is 0 Å². The zero-order chi connectivity index (χ0) is 13.5. The van der Waals surface area contributed by atoms with Crippen molar-refractivity contribution in [3.05, 3.63) is 18.0 Å². The van der Waals surface area contributed by atoms with Crippen molar-refractivity contribution in [1.82, 2.24) is 20.2 Å². The van der Waals surface area contributed by atoms with Gasteiger partial charge < -0.3 is 15.5 Å². The molecule has 1 amide bonds. The highest BCUT2D eigenvalue weighted by Crippen LogP contribution is 2.02. The topological polar surface area (TPSA) is 70.2 Å². The molecule has 0 aliphatic heterocycles. The number of nitrogens with zero attached hydrogens (tertiary/aromatic N) is 3. The van der Waals surface area contributed by atoms with Crippen LogP contribution in [0.25, 0.3) is 0 Å². The van der Waals surface area contributed by atoms with E-state index in [2.05, 4.69) is 20.6 Å². The predicted octanol–water partition coefficient (Wildman–Crippen LogP) is 0.588. The van der Waals surface area contributed by atoms with E-state index in [9.17, 15) is 4.79 Å². The highest BCUT2D eigenvalue weighted by Gasteiger charge is 2.08. The summed E-state index contributed by atoms with van der Waals surface area (Å²) in [5, 5.41) is 5.88. The number of carbonyl (C=O) groups is 1. The molecule has 6 nitrogen and oxygen atoms in total. The molecule has 1 aromatic rings. The van der Waals surface area contributed by atoms with Gasteiger partial charge in [0.1, 0.15) is 5.69 Å². The minimum Gasteiger partial charge on any atom is -0.352 e. The molecule has 0 saturated heterocycles. The molecule has 18 heavy (non-hydrogen) atoms. The molecule has 0 radical (unpaired) electrons. The zero-order valence-electron chi connectivity index (χ0n) is 11.4. The molecule has 0 atom stereocenters. The Kier molecular flexibility index (Phi) is 5.51. The first-order valence-corrected chi connectivity index (χ1v) is 6.01. The van der Waals surface area contributed by atoms with Crippen LogP contribution in [-0.2, 0) is 0 Å². The first kappa shape index (κ1) is 14.4. The Morgan fingerprint density at radius 3 is 2.78 bits per heavy atom. The quantitative estimate of drug-likeness (QED) is 0.774. The Balaban J connectivity index is 2.57. The molecule has 0 aliphatic rings. The van der Waals surface area contributed by atoms with Crippen molar-refractivity contribution < 1.29 is 4.79 Å². The number of carbonyl (C=O) groups excluding carboxylic acids is 1. The molecule has 1 aromatic heterocycles. The fraction of sp³-hybridized carbons (Fsp3) is 0.583. The van der Waals surface area contributed by atoms with Gasteiger partial charge in [-0.2, -0.15) is 0 Å². The maximum absolute atomic E-state index is 11.8. The molecular formula is C12H21N5O. The fourth-order valence-electron chi connectivity index (χ4n) is 1.30. The number of rotatable bonds is 6. The number of nitrogens with one attached hydrogen (secondary N) is 2. The molecule has 0 aliphatic carbocycles. The van der Waals surface area contributed by atoms with Gasteiger partial charge in [-0.3, -0.25) is 4.79 Å².